The molecule has 0 amide bonds. The minimum atomic E-state index is -3.97. The van der Waals surface area contributed by atoms with Crippen LogP contribution in [0.25, 0.3) is 0 Å². The molecule has 1 aromatic rings. The quantitative estimate of drug-likeness (QED) is 0.664. The number of hydrogen-bond acceptors (Lipinski definition) is 3. The van der Waals surface area contributed by atoms with Gasteiger partial charge in [-0.3, -0.25) is 0 Å². The van der Waals surface area contributed by atoms with Crippen molar-refractivity contribution in [3.8, 4) is 5.75 Å². The second-order valence-corrected chi connectivity index (χ2v) is 3.69. The Bertz CT molecular complexity index is 401. The molecule has 66 valence electrons. The van der Waals surface area contributed by atoms with Crippen molar-refractivity contribution in [1.29, 1.82) is 0 Å². The van der Waals surface area contributed by atoms with Gasteiger partial charge in [0.05, 0.1) is 0 Å². The van der Waals surface area contributed by atoms with Crippen LogP contribution in [0.15, 0.2) is 23.1 Å². The normalized spacial score (nSPS) is 11.5. The molecule has 0 aliphatic heterocycles. The first-order valence-electron chi connectivity index (χ1n) is 2.92. The molecule has 0 spiro atoms. The lowest BCUT2D eigenvalue weighted by Crippen LogP contribution is -2.12. The lowest BCUT2D eigenvalue weighted by Gasteiger charge is -2.00. The molecule has 0 radical (unpaired) electrons. The molecule has 3 N–H and O–H groups in total. The maximum absolute atomic E-state index is 12.3. The lowest BCUT2D eigenvalue weighted by atomic mass is 10.3. The van der Waals surface area contributed by atoms with Crippen molar-refractivity contribution >= 4 is 10.0 Å². The summed E-state index contributed by atoms with van der Waals surface area (Å²) in [7, 11) is -3.97. The number of halogens is 1. The van der Waals surface area contributed by atoms with E-state index in [-0.39, 0.29) is 0 Å². The summed E-state index contributed by atoms with van der Waals surface area (Å²) in [4.78, 5) is -0.482. The number of benzene rings is 1. The van der Waals surface area contributed by atoms with Crippen LogP contribution in [0.2, 0.25) is 0 Å². The van der Waals surface area contributed by atoms with Crippen molar-refractivity contribution in [2.24, 2.45) is 5.14 Å². The van der Waals surface area contributed by atoms with E-state index in [0.29, 0.717) is 6.07 Å². The Morgan fingerprint density at radius 3 is 2.42 bits per heavy atom. The van der Waals surface area contributed by atoms with Gasteiger partial charge in [-0.2, -0.15) is 0 Å². The van der Waals surface area contributed by atoms with Crippen molar-refractivity contribution in [1.82, 2.24) is 0 Å². The SMILES string of the molecule is NS(=O)(=O)c1ccc(F)cc1O. The highest BCUT2D eigenvalue weighted by atomic mass is 32.2. The first kappa shape index (κ1) is 8.95. The maximum Gasteiger partial charge on any atom is 0.241 e. The van der Waals surface area contributed by atoms with Crippen molar-refractivity contribution in [2.75, 3.05) is 0 Å². The maximum atomic E-state index is 12.3. The van der Waals surface area contributed by atoms with Crippen LogP contribution in [0.5, 0.6) is 5.75 Å². The Kier molecular flexibility index (Phi) is 2.03. The van der Waals surface area contributed by atoms with E-state index in [1.54, 1.807) is 0 Å². The highest BCUT2D eigenvalue weighted by molar-refractivity contribution is 7.89. The predicted molar refractivity (Wildman–Crippen MR) is 39.4 cm³/mol. The van der Waals surface area contributed by atoms with Gasteiger partial charge in [0.15, 0.2) is 0 Å². The number of aromatic hydroxyl groups is 1. The summed E-state index contributed by atoms with van der Waals surface area (Å²) in [5.74, 6) is -1.41. The van der Waals surface area contributed by atoms with E-state index < -0.39 is 26.5 Å². The molecule has 0 unspecified atom stereocenters. The number of primary sulfonamides is 1. The first-order valence-corrected chi connectivity index (χ1v) is 4.47. The van der Waals surface area contributed by atoms with Crippen LogP contribution in [-0.4, -0.2) is 13.5 Å². The zero-order valence-corrected chi connectivity index (χ0v) is 6.68. The number of sulfonamides is 1. The topological polar surface area (TPSA) is 80.4 Å². The zero-order chi connectivity index (χ0) is 9.35. The Labute approximate surface area is 68.5 Å². The van der Waals surface area contributed by atoms with Gasteiger partial charge in [0.1, 0.15) is 16.5 Å². The summed E-state index contributed by atoms with van der Waals surface area (Å²) in [6.07, 6.45) is 0. The Morgan fingerprint density at radius 2 is 2.00 bits per heavy atom. The molecule has 0 fully saturated rings. The molecule has 0 heterocycles. The van der Waals surface area contributed by atoms with Crippen molar-refractivity contribution < 1.29 is 17.9 Å². The van der Waals surface area contributed by atoms with Crippen LogP contribution in [0.4, 0.5) is 4.39 Å². The van der Waals surface area contributed by atoms with Gasteiger partial charge in [-0.05, 0) is 12.1 Å². The van der Waals surface area contributed by atoms with Crippen LogP contribution in [0.3, 0.4) is 0 Å². The Morgan fingerprint density at radius 1 is 1.42 bits per heavy atom. The average molecular weight is 191 g/mol. The van der Waals surface area contributed by atoms with Crippen LogP contribution < -0.4 is 5.14 Å². The monoisotopic (exact) mass is 191 g/mol. The van der Waals surface area contributed by atoms with E-state index in [0.717, 1.165) is 12.1 Å². The summed E-state index contributed by atoms with van der Waals surface area (Å²) in [5, 5.41) is 13.6. The van der Waals surface area contributed by atoms with Gasteiger partial charge in [0.2, 0.25) is 10.0 Å². The van der Waals surface area contributed by atoms with E-state index in [1.165, 1.54) is 0 Å². The van der Waals surface area contributed by atoms with Gasteiger partial charge in [0, 0.05) is 6.07 Å². The van der Waals surface area contributed by atoms with Gasteiger partial charge < -0.3 is 5.11 Å². The average Bonchev–Trinajstić information content (AvgIpc) is 1.83. The Hall–Kier alpha value is -1.14. The van der Waals surface area contributed by atoms with Gasteiger partial charge in [-0.1, -0.05) is 0 Å². The summed E-state index contributed by atoms with van der Waals surface area (Å²) >= 11 is 0. The van der Waals surface area contributed by atoms with Gasteiger partial charge in [0.25, 0.3) is 0 Å². The number of rotatable bonds is 1. The number of phenolic OH excluding ortho intramolecular Hbond substituents is 1. The van der Waals surface area contributed by atoms with E-state index in [4.69, 9.17) is 10.2 Å². The molecule has 1 rings (SSSR count). The smallest absolute Gasteiger partial charge is 0.241 e. The van der Waals surface area contributed by atoms with Crippen LogP contribution in [0, 0.1) is 5.82 Å². The van der Waals surface area contributed by atoms with Crippen LogP contribution in [-0.2, 0) is 10.0 Å². The summed E-state index contributed by atoms with van der Waals surface area (Å²) < 4.78 is 33.7. The largest absolute Gasteiger partial charge is 0.506 e. The minimum absolute atomic E-state index is 0.482. The molecule has 1 aromatic carbocycles. The zero-order valence-electron chi connectivity index (χ0n) is 5.86. The fraction of sp³-hybridized carbons (Fsp3) is 0. The van der Waals surface area contributed by atoms with Crippen molar-refractivity contribution in [3.63, 3.8) is 0 Å². The lowest BCUT2D eigenvalue weighted by molar-refractivity contribution is 0.452. The third-order valence-electron chi connectivity index (χ3n) is 1.23. The summed E-state index contributed by atoms with van der Waals surface area (Å²) in [6.45, 7) is 0. The van der Waals surface area contributed by atoms with Crippen molar-refractivity contribution in [2.45, 2.75) is 4.90 Å². The molecule has 0 saturated carbocycles. The molecule has 0 bridgehead atoms. The number of phenols is 1. The predicted octanol–water partition coefficient (Wildman–Crippen LogP) is 0.179. The number of hydrogen-bond donors (Lipinski definition) is 2. The van der Waals surface area contributed by atoms with E-state index in [2.05, 4.69) is 0 Å². The molecular formula is C6H6FNO3S. The van der Waals surface area contributed by atoms with Gasteiger partial charge >= 0.3 is 0 Å². The first-order chi connectivity index (χ1) is 5.41. The number of nitrogens with two attached hydrogens (primary N) is 1. The minimum Gasteiger partial charge on any atom is -0.506 e. The second kappa shape index (κ2) is 2.72. The van der Waals surface area contributed by atoms with Gasteiger partial charge in [-0.25, -0.2) is 17.9 Å². The molecule has 0 atom stereocenters. The molecule has 4 nitrogen and oxygen atoms in total. The second-order valence-electron chi connectivity index (χ2n) is 2.16. The molecule has 0 saturated heterocycles. The Balaban J connectivity index is 3.39. The molecule has 6 heteroatoms. The molecule has 0 aliphatic rings. The molecule has 0 aromatic heterocycles. The summed E-state index contributed by atoms with van der Waals surface area (Å²) in [6, 6.07) is 2.49. The molecule has 0 aliphatic carbocycles. The highest BCUT2D eigenvalue weighted by Crippen LogP contribution is 2.21. The molecular weight excluding hydrogens is 185 g/mol. The molecule has 12 heavy (non-hydrogen) atoms. The fourth-order valence-corrected chi connectivity index (χ4v) is 1.34. The van der Waals surface area contributed by atoms with Crippen LogP contribution in [0.1, 0.15) is 0 Å². The van der Waals surface area contributed by atoms with Crippen LogP contribution >= 0.6 is 0 Å². The van der Waals surface area contributed by atoms with E-state index >= 15 is 0 Å². The van der Waals surface area contributed by atoms with E-state index in [1.807, 2.05) is 0 Å². The van der Waals surface area contributed by atoms with E-state index in [9.17, 15) is 12.8 Å². The third-order valence-corrected chi connectivity index (χ3v) is 2.19. The third kappa shape index (κ3) is 1.72. The highest BCUT2D eigenvalue weighted by Gasteiger charge is 2.13. The van der Waals surface area contributed by atoms with Crippen molar-refractivity contribution in [3.05, 3.63) is 24.0 Å². The summed E-state index contributed by atoms with van der Waals surface area (Å²) in [5.41, 5.74) is 0. The fourth-order valence-electron chi connectivity index (χ4n) is 0.731. The standard InChI is InChI=1S/C6H6FNO3S/c7-4-1-2-6(5(9)3-4)12(8,10)11/h1-3,9H,(H2,8,10,11). The van der Waals surface area contributed by atoms with Gasteiger partial charge in [-0.15, -0.1) is 0 Å².